The summed E-state index contributed by atoms with van der Waals surface area (Å²) in [5.74, 6) is -1.99. The molecule has 0 aliphatic rings. The highest BCUT2D eigenvalue weighted by molar-refractivity contribution is 5.87. The van der Waals surface area contributed by atoms with Crippen LogP contribution in [0.15, 0.2) is 30.3 Å². The van der Waals surface area contributed by atoms with Gasteiger partial charge in [0, 0.05) is 0 Å². The first-order valence-electron chi connectivity index (χ1n) is 6.23. The Morgan fingerprint density at radius 2 is 1.84 bits per heavy atom. The monoisotopic (exact) mass is 265 g/mol. The molecule has 3 atom stereocenters. The first-order valence-corrected chi connectivity index (χ1v) is 6.23. The number of aliphatic hydroxyl groups is 1. The largest absolute Gasteiger partial charge is 0.480 e. The Morgan fingerprint density at radius 1 is 1.26 bits per heavy atom. The van der Waals surface area contributed by atoms with Crippen LogP contribution in [0.1, 0.15) is 31.9 Å². The molecule has 0 fully saturated rings. The van der Waals surface area contributed by atoms with E-state index < -0.39 is 24.0 Å². The van der Waals surface area contributed by atoms with Crippen LogP contribution < -0.4 is 5.32 Å². The Hall–Kier alpha value is -1.88. The van der Waals surface area contributed by atoms with Crippen LogP contribution in [0.5, 0.6) is 0 Å². The molecule has 0 radical (unpaired) electrons. The minimum atomic E-state index is -1.35. The van der Waals surface area contributed by atoms with Gasteiger partial charge in [-0.05, 0) is 11.5 Å². The lowest BCUT2D eigenvalue weighted by atomic mass is 9.98. The van der Waals surface area contributed by atoms with Crippen LogP contribution in [0.25, 0.3) is 0 Å². The maximum Gasteiger partial charge on any atom is 0.326 e. The molecule has 0 aliphatic carbocycles. The third kappa shape index (κ3) is 4.06. The standard InChI is InChI=1S/C14H19NO4/c1-3-9(2)11(14(18)19)15-13(17)12(16)10-7-5-4-6-8-10/h4-9,11-12,16H,3H2,1-2H3,(H,15,17)(H,18,19). The Morgan fingerprint density at radius 3 is 2.32 bits per heavy atom. The fraction of sp³-hybridized carbons (Fsp3) is 0.429. The molecule has 0 bridgehead atoms. The van der Waals surface area contributed by atoms with E-state index >= 15 is 0 Å². The van der Waals surface area contributed by atoms with E-state index in [0.717, 1.165) is 0 Å². The van der Waals surface area contributed by atoms with Crippen molar-refractivity contribution in [3.8, 4) is 0 Å². The number of benzene rings is 1. The van der Waals surface area contributed by atoms with Gasteiger partial charge >= 0.3 is 5.97 Å². The quantitative estimate of drug-likeness (QED) is 0.724. The molecule has 3 unspecified atom stereocenters. The summed E-state index contributed by atoms with van der Waals surface area (Å²) in [4.78, 5) is 23.0. The minimum Gasteiger partial charge on any atom is -0.480 e. The zero-order valence-corrected chi connectivity index (χ0v) is 11.0. The van der Waals surface area contributed by atoms with Gasteiger partial charge in [0.05, 0.1) is 0 Å². The number of hydrogen-bond donors (Lipinski definition) is 3. The van der Waals surface area contributed by atoms with Crippen molar-refractivity contribution in [1.82, 2.24) is 5.32 Å². The van der Waals surface area contributed by atoms with Crippen molar-refractivity contribution in [1.29, 1.82) is 0 Å². The molecule has 0 saturated carbocycles. The summed E-state index contributed by atoms with van der Waals surface area (Å²) < 4.78 is 0. The van der Waals surface area contributed by atoms with Crippen LogP contribution in [0.2, 0.25) is 0 Å². The zero-order chi connectivity index (χ0) is 14.4. The number of carbonyl (C=O) groups excluding carboxylic acids is 1. The number of hydrogen-bond acceptors (Lipinski definition) is 3. The smallest absolute Gasteiger partial charge is 0.326 e. The van der Waals surface area contributed by atoms with E-state index in [9.17, 15) is 14.7 Å². The second-order valence-electron chi connectivity index (χ2n) is 4.52. The summed E-state index contributed by atoms with van der Waals surface area (Å²) in [7, 11) is 0. The van der Waals surface area contributed by atoms with Gasteiger partial charge < -0.3 is 15.5 Å². The lowest BCUT2D eigenvalue weighted by Gasteiger charge is -2.21. The normalized spacial score (nSPS) is 15.3. The lowest BCUT2D eigenvalue weighted by molar-refractivity contribution is -0.145. The average molecular weight is 265 g/mol. The van der Waals surface area contributed by atoms with Crippen LogP contribution in [-0.4, -0.2) is 28.1 Å². The maximum atomic E-state index is 11.9. The van der Waals surface area contributed by atoms with Gasteiger partial charge in [0.1, 0.15) is 6.04 Å². The number of amides is 1. The third-order valence-electron chi connectivity index (χ3n) is 3.14. The highest BCUT2D eigenvalue weighted by atomic mass is 16.4. The number of aliphatic hydroxyl groups excluding tert-OH is 1. The summed E-state index contributed by atoms with van der Waals surface area (Å²) >= 11 is 0. The van der Waals surface area contributed by atoms with Crippen molar-refractivity contribution in [3.63, 3.8) is 0 Å². The maximum absolute atomic E-state index is 11.9. The van der Waals surface area contributed by atoms with E-state index in [2.05, 4.69) is 5.32 Å². The summed E-state index contributed by atoms with van der Waals surface area (Å²) in [6, 6.07) is 7.42. The van der Waals surface area contributed by atoms with Gasteiger partial charge in [0.15, 0.2) is 6.10 Å². The highest BCUT2D eigenvalue weighted by Gasteiger charge is 2.28. The van der Waals surface area contributed by atoms with E-state index in [1.54, 1.807) is 37.3 Å². The van der Waals surface area contributed by atoms with Crippen LogP contribution in [0, 0.1) is 5.92 Å². The Bertz CT molecular complexity index is 432. The zero-order valence-electron chi connectivity index (χ0n) is 11.0. The SMILES string of the molecule is CCC(C)C(NC(=O)C(O)c1ccccc1)C(=O)O. The molecule has 1 rings (SSSR count). The lowest BCUT2D eigenvalue weighted by Crippen LogP contribution is -2.46. The predicted molar refractivity (Wildman–Crippen MR) is 70.4 cm³/mol. The van der Waals surface area contributed by atoms with Gasteiger partial charge in [0.25, 0.3) is 5.91 Å². The molecule has 0 heterocycles. The fourth-order valence-electron chi connectivity index (χ4n) is 1.70. The number of rotatable bonds is 6. The minimum absolute atomic E-state index is 0.204. The first kappa shape index (κ1) is 15.2. The second kappa shape index (κ2) is 6.89. The van der Waals surface area contributed by atoms with Crippen molar-refractivity contribution in [2.45, 2.75) is 32.4 Å². The van der Waals surface area contributed by atoms with E-state index in [1.165, 1.54) is 0 Å². The van der Waals surface area contributed by atoms with E-state index in [0.29, 0.717) is 12.0 Å². The molecule has 0 aromatic heterocycles. The van der Waals surface area contributed by atoms with Crippen molar-refractivity contribution >= 4 is 11.9 Å². The fourth-order valence-corrected chi connectivity index (χ4v) is 1.70. The van der Waals surface area contributed by atoms with Crippen LogP contribution in [0.4, 0.5) is 0 Å². The molecule has 0 saturated heterocycles. The Kier molecular flexibility index (Phi) is 5.51. The number of aliphatic carboxylic acids is 1. The Balaban J connectivity index is 2.75. The molecule has 5 heteroatoms. The van der Waals surface area contributed by atoms with E-state index in [4.69, 9.17) is 5.11 Å². The molecule has 0 spiro atoms. The molecule has 1 aromatic carbocycles. The second-order valence-corrected chi connectivity index (χ2v) is 4.52. The number of nitrogens with one attached hydrogen (secondary N) is 1. The molecular formula is C14H19NO4. The van der Waals surface area contributed by atoms with Gasteiger partial charge in [-0.25, -0.2) is 4.79 Å². The molecular weight excluding hydrogens is 246 g/mol. The molecule has 0 aliphatic heterocycles. The number of carboxylic acid groups (broad SMARTS) is 1. The first-order chi connectivity index (χ1) is 8.97. The van der Waals surface area contributed by atoms with Crippen molar-refractivity contribution < 1.29 is 19.8 Å². The van der Waals surface area contributed by atoms with Crippen LogP contribution in [0.3, 0.4) is 0 Å². The van der Waals surface area contributed by atoms with Gasteiger partial charge in [-0.3, -0.25) is 4.79 Å². The van der Waals surface area contributed by atoms with Gasteiger partial charge in [-0.1, -0.05) is 50.6 Å². The summed E-state index contributed by atoms with van der Waals surface area (Å²) in [5, 5.41) is 21.3. The Labute approximate surface area is 112 Å². The van der Waals surface area contributed by atoms with Crippen LogP contribution in [-0.2, 0) is 9.59 Å². The van der Waals surface area contributed by atoms with Crippen LogP contribution >= 0.6 is 0 Å². The molecule has 5 nitrogen and oxygen atoms in total. The van der Waals surface area contributed by atoms with Crippen molar-refractivity contribution in [2.24, 2.45) is 5.92 Å². The summed E-state index contributed by atoms with van der Waals surface area (Å²) in [6.07, 6.45) is -0.731. The van der Waals surface area contributed by atoms with Gasteiger partial charge in [0.2, 0.25) is 0 Å². The number of carboxylic acids is 1. The average Bonchev–Trinajstić information content (AvgIpc) is 2.43. The van der Waals surface area contributed by atoms with E-state index in [1.807, 2.05) is 6.92 Å². The molecule has 1 amide bonds. The van der Waals surface area contributed by atoms with Crippen molar-refractivity contribution in [2.75, 3.05) is 0 Å². The van der Waals surface area contributed by atoms with Crippen molar-refractivity contribution in [3.05, 3.63) is 35.9 Å². The summed E-state index contributed by atoms with van der Waals surface area (Å²) in [5.41, 5.74) is 0.438. The summed E-state index contributed by atoms with van der Waals surface area (Å²) in [6.45, 7) is 3.59. The van der Waals surface area contributed by atoms with E-state index in [-0.39, 0.29) is 5.92 Å². The molecule has 3 N–H and O–H groups in total. The highest BCUT2D eigenvalue weighted by Crippen LogP contribution is 2.14. The predicted octanol–water partition coefficient (Wildman–Crippen LogP) is 1.34. The topological polar surface area (TPSA) is 86.6 Å². The number of carbonyl (C=O) groups is 2. The molecule has 1 aromatic rings. The van der Waals surface area contributed by atoms with Gasteiger partial charge in [-0.15, -0.1) is 0 Å². The molecule has 104 valence electrons. The molecule has 19 heavy (non-hydrogen) atoms. The third-order valence-corrected chi connectivity index (χ3v) is 3.14. The van der Waals surface area contributed by atoms with Gasteiger partial charge in [-0.2, -0.15) is 0 Å².